The van der Waals surface area contributed by atoms with Crippen LogP contribution >= 0.6 is 0 Å². The topological polar surface area (TPSA) is 21.8 Å². The summed E-state index contributed by atoms with van der Waals surface area (Å²) in [6.07, 6.45) is 0.260. The Balaban J connectivity index is 1.96. The van der Waals surface area contributed by atoms with Crippen LogP contribution in [0.1, 0.15) is 6.92 Å². The standard InChI is InChI=1S/C10H11FO2/c1-7(10-6-12-10)13-9-4-2-8(11)3-5-9/h2-5,7,10H,6H2,1H3/t7-,10-/m1/s1. The third-order valence-electron chi connectivity index (χ3n) is 2.02. The molecule has 0 unspecified atom stereocenters. The van der Waals surface area contributed by atoms with Crippen molar-refractivity contribution >= 4 is 0 Å². The molecule has 1 heterocycles. The zero-order chi connectivity index (χ0) is 9.26. The second-order valence-electron chi connectivity index (χ2n) is 3.15. The van der Waals surface area contributed by atoms with Crippen molar-refractivity contribution in [1.82, 2.24) is 0 Å². The maximum absolute atomic E-state index is 12.5. The Morgan fingerprint density at radius 2 is 2.08 bits per heavy atom. The number of rotatable bonds is 3. The average molecular weight is 182 g/mol. The summed E-state index contributed by atoms with van der Waals surface area (Å²) in [6, 6.07) is 6.01. The molecule has 1 aliphatic heterocycles. The van der Waals surface area contributed by atoms with Gasteiger partial charge in [-0.25, -0.2) is 4.39 Å². The molecule has 70 valence electrons. The molecule has 1 aromatic carbocycles. The molecule has 0 aliphatic carbocycles. The van der Waals surface area contributed by atoms with Gasteiger partial charge < -0.3 is 9.47 Å². The van der Waals surface area contributed by atoms with Crippen LogP contribution in [0.2, 0.25) is 0 Å². The Hall–Kier alpha value is -1.09. The number of ether oxygens (including phenoxy) is 2. The van der Waals surface area contributed by atoms with E-state index in [9.17, 15) is 4.39 Å². The van der Waals surface area contributed by atoms with E-state index in [2.05, 4.69) is 0 Å². The summed E-state index contributed by atoms with van der Waals surface area (Å²) in [5.74, 6) is 0.437. The van der Waals surface area contributed by atoms with E-state index in [1.165, 1.54) is 12.1 Å². The first-order valence-electron chi connectivity index (χ1n) is 4.29. The van der Waals surface area contributed by atoms with E-state index in [0.717, 1.165) is 6.61 Å². The lowest BCUT2D eigenvalue weighted by atomic mass is 10.3. The molecular formula is C10H11FO2. The highest BCUT2D eigenvalue weighted by molar-refractivity contribution is 5.22. The zero-order valence-corrected chi connectivity index (χ0v) is 7.37. The van der Waals surface area contributed by atoms with E-state index >= 15 is 0 Å². The van der Waals surface area contributed by atoms with Gasteiger partial charge in [0, 0.05) is 0 Å². The first-order chi connectivity index (χ1) is 6.25. The highest BCUT2D eigenvalue weighted by Crippen LogP contribution is 2.20. The smallest absolute Gasteiger partial charge is 0.124 e. The highest BCUT2D eigenvalue weighted by Gasteiger charge is 2.30. The van der Waals surface area contributed by atoms with Crippen molar-refractivity contribution in [1.29, 1.82) is 0 Å². The first kappa shape index (κ1) is 8.51. The fraction of sp³-hybridized carbons (Fsp3) is 0.400. The molecule has 3 heteroatoms. The number of benzene rings is 1. The van der Waals surface area contributed by atoms with E-state index in [-0.39, 0.29) is 18.0 Å². The van der Waals surface area contributed by atoms with E-state index in [4.69, 9.17) is 9.47 Å². The zero-order valence-electron chi connectivity index (χ0n) is 7.37. The Morgan fingerprint density at radius 3 is 2.62 bits per heavy atom. The second-order valence-corrected chi connectivity index (χ2v) is 3.15. The Kier molecular flexibility index (Phi) is 2.19. The molecule has 13 heavy (non-hydrogen) atoms. The molecule has 0 radical (unpaired) electrons. The summed E-state index contributed by atoms with van der Waals surface area (Å²) in [5.41, 5.74) is 0. The van der Waals surface area contributed by atoms with Crippen LogP contribution in [0.25, 0.3) is 0 Å². The van der Waals surface area contributed by atoms with Gasteiger partial charge in [-0.05, 0) is 31.2 Å². The van der Waals surface area contributed by atoms with Crippen LogP contribution in [0.3, 0.4) is 0 Å². The molecular weight excluding hydrogens is 171 g/mol. The van der Waals surface area contributed by atoms with Crippen LogP contribution in [0.4, 0.5) is 4.39 Å². The van der Waals surface area contributed by atoms with Gasteiger partial charge >= 0.3 is 0 Å². The molecule has 0 aromatic heterocycles. The predicted octanol–water partition coefficient (Wildman–Crippen LogP) is 1.99. The van der Waals surface area contributed by atoms with E-state index in [1.807, 2.05) is 6.92 Å². The van der Waals surface area contributed by atoms with Gasteiger partial charge in [0.1, 0.15) is 23.8 Å². The van der Waals surface area contributed by atoms with Crippen LogP contribution in [0.5, 0.6) is 5.75 Å². The van der Waals surface area contributed by atoms with Crippen LogP contribution < -0.4 is 4.74 Å². The van der Waals surface area contributed by atoms with Crippen LogP contribution in [-0.4, -0.2) is 18.8 Å². The van der Waals surface area contributed by atoms with Crippen LogP contribution in [-0.2, 0) is 4.74 Å². The molecule has 1 fully saturated rings. The number of epoxide rings is 1. The Bertz CT molecular complexity index is 279. The molecule has 0 spiro atoms. The summed E-state index contributed by atoms with van der Waals surface area (Å²) in [6.45, 7) is 2.71. The second kappa shape index (κ2) is 3.34. The van der Waals surface area contributed by atoms with Gasteiger partial charge in [-0.15, -0.1) is 0 Å². The lowest BCUT2D eigenvalue weighted by Gasteiger charge is -2.11. The van der Waals surface area contributed by atoms with Crippen molar-refractivity contribution in [3.05, 3.63) is 30.1 Å². The molecule has 0 amide bonds. The molecule has 1 saturated heterocycles. The van der Waals surface area contributed by atoms with Gasteiger partial charge in [-0.3, -0.25) is 0 Å². The first-order valence-corrected chi connectivity index (χ1v) is 4.29. The lowest BCUT2D eigenvalue weighted by Crippen LogP contribution is -2.18. The van der Waals surface area contributed by atoms with Gasteiger partial charge in [-0.2, -0.15) is 0 Å². The van der Waals surface area contributed by atoms with Gasteiger partial charge in [0.25, 0.3) is 0 Å². The van der Waals surface area contributed by atoms with Crippen molar-refractivity contribution in [2.75, 3.05) is 6.61 Å². The van der Waals surface area contributed by atoms with E-state index in [1.54, 1.807) is 12.1 Å². The highest BCUT2D eigenvalue weighted by atomic mass is 19.1. The summed E-state index contributed by atoms with van der Waals surface area (Å²) in [5, 5.41) is 0. The van der Waals surface area contributed by atoms with E-state index < -0.39 is 0 Å². The van der Waals surface area contributed by atoms with Crippen LogP contribution in [0.15, 0.2) is 24.3 Å². The lowest BCUT2D eigenvalue weighted by molar-refractivity contribution is 0.176. The Labute approximate surface area is 76.3 Å². The summed E-state index contributed by atoms with van der Waals surface area (Å²) < 4.78 is 23.1. The monoisotopic (exact) mass is 182 g/mol. The molecule has 1 aliphatic rings. The minimum Gasteiger partial charge on any atom is -0.488 e. The minimum absolute atomic E-state index is 0.0467. The van der Waals surface area contributed by atoms with Crippen molar-refractivity contribution in [2.45, 2.75) is 19.1 Å². The van der Waals surface area contributed by atoms with Gasteiger partial charge in [0.15, 0.2) is 0 Å². The van der Waals surface area contributed by atoms with E-state index in [0.29, 0.717) is 5.75 Å². The van der Waals surface area contributed by atoms with Crippen LogP contribution in [0, 0.1) is 5.82 Å². The minimum atomic E-state index is -0.248. The third-order valence-corrected chi connectivity index (χ3v) is 2.02. The van der Waals surface area contributed by atoms with Crippen molar-refractivity contribution in [3.8, 4) is 5.75 Å². The third kappa shape index (κ3) is 2.18. The number of halogens is 1. The molecule has 1 aromatic rings. The molecule has 2 rings (SSSR count). The van der Waals surface area contributed by atoms with Gasteiger partial charge in [0.2, 0.25) is 0 Å². The largest absolute Gasteiger partial charge is 0.488 e. The van der Waals surface area contributed by atoms with Crippen molar-refractivity contribution < 1.29 is 13.9 Å². The fourth-order valence-corrected chi connectivity index (χ4v) is 1.13. The van der Waals surface area contributed by atoms with Crippen molar-refractivity contribution in [3.63, 3.8) is 0 Å². The molecule has 0 saturated carbocycles. The van der Waals surface area contributed by atoms with Gasteiger partial charge in [0.05, 0.1) is 6.61 Å². The predicted molar refractivity (Wildman–Crippen MR) is 46.2 cm³/mol. The quantitative estimate of drug-likeness (QED) is 0.667. The molecule has 0 N–H and O–H groups in total. The summed E-state index contributed by atoms with van der Waals surface area (Å²) >= 11 is 0. The average Bonchev–Trinajstić information content (AvgIpc) is 2.91. The van der Waals surface area contributed by atoms with Crippen molar-refractivity contribution in [2.24, 2.45) is 0 Å². The molecule has 0 bridgehead atoms. The summed E-state index contributed by atoms with van der Waals surface area (Å²) in [4.78, 5) is 0. The Morgan fingerprint density at radius 1 is 1.46 bits per heavy atom. The summed E-state index contributed by atoms with van der Waals surface area (Å²) in [7, 11) is 0. The normalized spacial score (nSPS) is 22.5. The fourth-order valence-electron chi connectivity index (χ4n) is 1.13. The number of hydrogen-bond donors (Lipinski definition) is 0. The maximum atomic E-state index is 12.5. The molecule has 2 nitrogen and oxygen atoms in total. The number of hydrogen-bond acceptors (Lipinski definition) is 2. The SMILES string of the molecule is C[C@@H](Oc1ccc(F)cc1)[C@H]1CO1. The maximum Gasteiger partial charge on any atom is 0.124 e. The van der Waals surface area contributed by atoms with Gasteiger partial charge in [-0.1, -0.05) is 0 Å². The molecule has 2 atom stereocenters.